The number of nitrogens with zero attached hydrogens (tertiary/aromatic N) is 2. The Morgan fingerprint density at radius 3 is 2.33 bits per heavy atom. The third-order valence-electron chi connectivity index (χ3n) is 3.48. The molecule has 1 fully saturated rings. The fourth-order valence-corrected chi connectivity index (χ4v) is 2.26. The van der Waals surface area contributed by atoms with E-state index in [1.165, 1.54) is 17.3 Å². The van der Waals surface area contributed by atoms with Crippen LogP contribution >= 0.6 is 0 Å². The van der Waals surface area contributed by atoms with Crippen LogP contribution in [0.5, 0.6) is 0 Å². The summed E-state index contributed by atoms with van der Waals surface area (Å²) >= 11 is 0. The highest BCUT2D eigenvalue weighted by molar-refractivity contribution is 5.87. The molecule has 1 aliphatic heterocycles. The van der Waals surface area contributed by atoms with E-state index in [-0.39, 0.29) is 5.91 Å². The Bertz CT molecular complexity index is 417. The first-order valence-electron chi connectivity index (χ1n) is 6.50. The summed E-state index contributed by atoms with van der Waals surface area (Å²) in [5.74, 6) is 0.0379. The average molecular weight is 244 g/mol. The zero-order valence-electron chi connectivity index (χ0n) is 10.9. The summed E-state index contributed by atoms with van der Waals surface area (Å²) in [7, 11) is 0. The van der Waals surface area contributed by atoms with E-state index in [0.29, 0.717) is 0 Å². The Labute approximate surface area is 109 Å². The summed E-state index contributed by atoms with van der Waals surface area (Å²) in [6.45, 7) is 9.03. The Morgan fingerprint density at radius 1 is 1.22 bits per heavy atom. The SMILES string of the molecule is C=CC(=O)N1CCN(c2ccc(CC)cc2)CC1. The minimum atomic E-state index is 0.0379. The number of aryl methyl sites for hydroxylation is 1. The predicted molar refractivity (Wildman–Crippen MR) is 74.8 cm³/mol. The van der Waals surface area contributed by atoms with Gasteiger partial charge in [0.05, 0.1) is 0 Å². The van der Waals surface area contributed by atoms with Crippen LogP contribution in [0.2, 0.25) is 0 Å². The molecule has 1 aliphatic rings. The lowest BCUT2D eigenvalue weighted by Crippen LogP contribution is -2.48. The number of carbonyl (C=O) groups is 1. The van der Waals surface area contributed by atoms with Crippen LogP contribution in [0.25, 0.3) is 0 Å². The van der Waals surface area contributed by atoms with Crippen LogP contribution in [0.15, 0.2) is 36.9 Å². The molecule has 0 atom stereocenters. The van der Waals surface area contributed by atoms with Crippen molar-refractivity contribution in [2.75, 3.05) is 31.1 Å². The maximum Gasteiger partial charge on any atom is 0.246 e. The predicted octanol–water partition coefficient (Wildman–Crippen LogP) is 2.08. The minimum Gasteiger partial charge on any atom is -0.368 e. The maximum absolute atomic E-state index is 11.5. The molecule has 0 unspecified atom stereocenters. The summed E-state index contributed by atoms with van der Waals surface area (Å²) in [5, 5.41) is 0. The van der Waals surface area contributed by atoms with Crippen molar-refractivity contribution in [2.45, 2.75) is 13.3 Å². The molecular formula is C15H20N2O. The fourth-order valence-electron chi connectivity index (χ4n) is 2.26. The number of benzene rings is 1. The average Bonchev–Trinajstić information content (AvgIpc) is 2.47. The van der Waals surface area contributed by atoms with E-state index in [4.69, 9.17) is 0 Å². The van der Waals surface area contributed by atoms with E-state index < -0.39 is 0 Å². The molecule has 3 nitrogen and oxygen atoms in total. The third-order valence-corrected chi connectivity index (χ3v) is 3.48. The smallest absolute Gasteiger partial charge is 0.246 e. The minimum absolute atomic E-state index is 0.0379. The molecule has 0 saturated carbocycles. The molecule has 3 heteroatoms. The van der Waals surface area contributed by atoms with Gasteiger partial charge in [0.15, 0.2) is 0 Å². The molecule has 0 N–H and O–H groups in total. The standard InChI is InChI=1S/C15H20N2O/c1-3-13-5-7-14(8-6-13)16-9-11-17(12-10-16)15(18)4-2/h4-8H,2-3,9-12H2,1H3. The van der Waals surface area contributed by atoms with Crippen LogP contribution in [-0.2, 0) is 11.2 Å². The first kappa shape index (κ1) is 12.7. The van der Waals surface area contributed by atoms with Crippen LogP contribution in [-0.4, -0.2) is 37.0 Å². The van der Waals surface area contributed by atoms with Crippen LogP contribution in [0.1, 0.15) is 12.5 Å². The summed E-state index contributed by atoms with van der Waals surface area (Å²) in [6, 6.07) is 8.70. The highest BCUT2D eigenvalue weighted by Gasteiger charge is 2.19. The molecule has 1 aromatic carbocycles. The summed E-state index contributed by atoms with van der Waals surface area (Å²) < 4.78 is 0. The molecule has 1 aromatic rings. The topological polar surface area (TPSA) is 23.6 Å². The van der Waals surface area contributed by atoms with E-state index in [1.54, 1.807) is 0 Å². The maximum atomic E-state index is 11.5. The highest BCUT2D eigenvalue weighted by atomic mass is 16.2. The zero-order chi connectivity index (χ0) is 13.0. The summed E-state index contributed by atoms with van der Waals surface area (Å²) in [6.07, 6.45) is 2.47. The van der Waals surface area contributed by atoms with E-state index in [1.807, 2.05) is 4.90 Å². The molecule has 0 radical (unpaired) electrons. The number of carbonyl (C=O) groups excluding carboxylic acids is 1. The van der Waals surface area contributed by atoms with Crippen molar-refractivity contribution in [3.8, 4) is 0 Å². The van der Waals surface area contributed by atoms with Gasteiger partial charge in [-0.3, -0.25) is 4.79 Å². The van der Waals surface area contributed by atoms with Gasteiger partial charge in [0.1, 0.15) is 0 Å². The van der Waals surface area contributed by atoms with Gasteiger partial charge >= 0.3 is 0 Å². The molecule has 18 heavy (non-hydrogen) atoms. The van der Waals surface area contributed by atoms with Crippen molar-refractivity contribution in [1.29, 1.82) is 0 Å². The van der Waals surface area contributed by atoms with E-state index in [2.05, 4.69) is 42.7 Å². The van der Waals surface area contributed by atoms with Crippen molar-refractivity contribution in [1.82, 2.24) is 4.90 Å². The first-order valence-corrected chi connectivity index (χ1v) is 6.50. The van der Waals surface area contributed by atoms with Gasteiger partial charge < -0.3 is 9.80 Å². The molecule has 0 aliphatic carbocycles. The van der Waals surface area contributed by atoms with Gasteiger partial charge in [0.25, 0.3) is 0 Å². The van der Waals surface area contributed by atoms with Gasteiger partial charge in [0, 0.05) is 31.9 Å². The Hall–Kier alpha value is -1.77. The van der Waals surface area contributed by atoms with Crippen molar-refractivity contribution >= 4 is 11.6 Å². The number of hydrogen-bond acceptors (Lipinski definition) is 2. The second kappa shape index (κ2) is 5.71. The van der Waals surface area contributed by atoms with E-state index in [0.717, 1.165) is 32.6 Å². The molecule has 1 amide bonds. The number of hydrogen-bond donors (Lipinski definition) is 0. The van der Waals surface area contributed by atoms with Gasteiger partial charge in [-0.1, -0.05) is 25.6 Å². The van der Waals surface area contributed by atoms with Gasteiger partial charge in [-0.05, 0) is 30.2 Å². The van der Waals surface area contributed by atoms with Crippen LogP contribution < -0.4 is 4.90 Å². The normalized spacial score (nSPS) is 15.6. The quantitative estimate of drug-likeness (QED) is 0.760. The Kier molecular flexibility index (Phi) is 4.03. The third kappa shape index (κ3) is 2.73. The number of piperazine rings is 1. The second-order valence-electron chi connectivity index (χ2n) is 4.54. The number of amides is 1. The Morgan fingerprint density at radius 2 is 1.83 bits per heavy atom. The van der Waals surface area contributed by atoms with Gasteiger partial charge in [-0.2, -0.15) is 0 Å². The fraction of sp³-hybridized carbons (Fsp3) is 0.400. The monoisotopic (exact) mass is 244 g/mol. The van der Waals surface area contributed by atoms with Gasteiger partial charge in [-0.15, -0.1) is 0 Å². The molecular weight excluding hydrogens is 224 g/mol. The highest BCUT2D eigenvalue weighted by Crippen LogP contribution is 2.17. The van der Waals surface area contributed by atoms with Crippen molar-refractivity contribution in [3.05, 3.63) is 42.5 Å². The first-order chi connectivity index (χ1) is 8.74. The van der Waals surface area contributed by atoms with E-state index in [9.17, 15) is 4.79 Å². The summed E-state index contributed by atoms with van der Waals surface area (Å²) in [4.78, 5) is 15.7. The summed E-state index contributed by atoms with van der Waals surface area (Å²) in [5.41, 5.74) is 2.61. The van der Waals surface area contributed by atoms with Gasteiger partial charge in [-0.25, -0.2) is 0 Å². The van der Waals surface area contributed by atoms with Crippen molar-refractivity contribution in [2.24, 2.45) is 0 Å². The Balaban J connectivity index is 1.96. The van der Waals surface area contributed by atoms with Crippen LogP contribution in [0.3, 0.4) is 0 Å². The lowest BCUT2D eigenvalue weighted by molar-refractivity contribution is -0.126. The number of rotatable bonds is 3. The molecule has 0 spiro atoms. The largest absolute Gasteiger partial charge is 0.368 e. The molecule has 0 aromatic heterocycles. The second-order valence-corrected chi connectivity index (χ2v) is 4.54. The van der Waals surface area contributed by atoms with Gasteiger partial charge in [0.2, 0.25) is 5.91 Å². The van der Waals surface area contributed by atoms with E-state index >= 15 is 0 Å². The lowest BCUT2D eigenvalue weighted by atomic mass is 10.1. The molecule has 0 bridgehead atoms. The number of anilines is 1. The van der Waals surface area contributed by atoms with Crippen molar-refractivity contribution < 1.29 is 4.79 Å². The molecule has 1 saturated heterocycles. The van der Waals surface area contributed by atoms with Crippen LogP contribution in [0, 0.1) is 0 Å². The lowest BCUT2D eigenvalue weighted by Gasteiger charge is -2.35. The molecule has 96 valence electrons. The molecule has 2 rings (SSSR count). The zero-order valence-corrected chi connectivity index (χ0v) is 10.9. The van der Waals surface area contributed by atoms with Crippen molar-refractivity contribution in [3.63, 3.8) is 0 Å². The van der Waals surface area contributed by atoms with Crippen LogP contribution in [0.4, 0.5) is 5.69 Å². The molecule has 1 heterocycles.